The molecule has 1 aromatic carbocycles. The lowest BCUT2D eigenvalue weighted by Gasteiger charge is -2.25. The fourth-order valence-corrected chi connectivity index (χ4v) is 3.77. The molecule has 9 nitrogen and oxygen atoms in total. The summed E-state index contributed by atoms with van der Waals surface area (Å²) in [4.78, 5) is 29.5. The summed E-state index contributed by atoms with van der Waals surface area (Å²) in [5.74, 6) is 0.517. The third-order valence-electron chi connectivity index (χ3n) is 5.22. The Kier molecular flexibility index (Phi) is 4.29. The number of nitrogens with zero attached hydrogens (tertiary/aromatic N) is 6. The molecule has 4 rings (SSSR count). The molecule has 2 aliphatic rings. The Balaban J connectivity index is 1.44. The van der Waals surface area contributed by atoms with Gasteiger partial charge in [-0.15, -0.1) is 10.2 Å². The number of aryl methyl sites for hydroxylation is 1. The van der Waals surface area contributed by atoms with E-state index in [9.17, 15) is 9.59 Å². The van der Waals surface area contributed by atoms with Crippen molar-refractivity contribution in [3.63, 3.8) is 0 Å². The topological polar surface area (TPSA) is 93.5 Å². The average Bonchev–Trinajstić information content (AvgIpc) is 3.13. The van der Waals surface area contributed by atoms with Crippen LogP contribution in [0.25, 0.3) is 11.4 Å². The number of benzene rings is 1. The van der Waals surface area contributed by atoms with Crippen molar-refractivity contribution in [3.05, 3.63) is 29.8 Å². The number of likely N-dealkylation sites (tertiary alicyclic amines) is 1. The van der Waals surface area contributed by atoms with Gasteiger partial charge in [0.15, 0.2) is 0 Å². The van der Waals surface area contributed by atoms with Gasteiger partial charge in [-0.3, -0.25) is 4.79 Å². The quantitative estimate of drug-likeness (QED) is 0.792. The Morgan fingerprint density at radius 3 is 2.56 bits per heavy atom. The van der Waals surface area contributed by atoms with E-state index in [4.69, 9.17) is 4.74 Å². The van der Waals surface area contributed by atoms with Crippen LogP contribution in [0.4, 0.5) is 4.79 Å². The molecule has 0 bridgehead atoms. The van der Waals surface area contributed by atoms with Crippen molar-refractivity contribution >= 4 is 12.0 Å². The van der Waals surface area contributed by atoms with E-state index < -0.39 is 5.60 Å². The first-order valence-electron chi connectivity index (χ1n) is 9.04. The van der Waals surface area contributed by atoms with E-state index in [0.29, 0.717) is 37.4 Å². The van der Waals surface area contributed by atoms with Crippen LogP contribution in [0.15, 0.2) is 24.3 Å². The standard InChI is InChI=1S/C18H22N6O3/c1-22-12-18(27-17(22)26)8-3-10-24(11-9-18)16(25)14-6-4-13(5-7-14)15-19-21-23(2)20-15/h4-7H,3,8-12H2,1-2H3/t18-/m1/s1. The van der Waals surface area contributed by atoms with Gasteiger partial charge in [0.05, 0.1) is 13.6 Å². The second-order valence-corrected chi connectivity index (χ2v) is 7.23. The summed E-state index contributed by atoms with van der Waals surface area (Å²) >= 11 is 0. The van der Waals surface area contributed by atoms with Crippen LogP contribution in [-0.2, 0) is 11.8 Å². The predicted octanol–water partition coefficient (Wildman–Crippen LogP) is 1.32. The molecule has 9 heteroatoms. The van der Waals surface area contributed by atoms with E-state index in [1.807, 2.05) is 17.0 Å². The van der Waals surface area contributed by atoms with Crippen molar-refractivity contribution in [2.75, 3.05) is 26.7 Å². The maximum atomic E-state index is 12.9. The van der Waals surface area contributed by atoms with Crippen molar-refractivity contribution in [2.24, 2.45) is 7.05 Å². The molecule has 0 aliphatic carbocycles. The van der Waals surface area contributed by atoms with Crippen molar-refractivity contribution in [2.45, 2.75) is 24.9 Å². The Bertz CT molecular complexity index is 864. The molecule has 1 aromatic heterocycles. The molecule has 1 spiro atoms. The van der Waals surface area contributed by atoms with Gasteiger partial charge in [-0.2, -0.15) is 4.80 Å². The zero-order valence-electron chi connectivity index (χ0n) is 15.5. The van der Waals surface area contributed by atoms with E-state index >= 15 is 0 Å². The van der Waals surface area contributed by atoms with Crippen LogP contribution in [-0.4, -0.2) is 74.3 Å². The molecular formula is C18H22N6O3. The number of hydrogen-bond acceptors (Lipinski definition) is 6. The van der Waals surface area contributed by atoms with E-state index in [0.717, 1.165) is 18.4 Å². The molecule has 2 fully saturated rings. The molecule has 3 heterocycles. The number of ether oxygens (including phenoxy) is 1. The Labute approximate surface area is 156 Å². The maximum Gasteiger partial charge on any atom is 0.410 e. The van der Waals surface area contributed by atoms with Crippen LogP contribution >= 0.6 is 0 Å². The number of tetrazole rings is 1. The first-order valence-corrected chi connectivity index (χ1v) is 9.04. The Hall–Kier alpha value is -2.97. The molecule has 27 heavy (non-hydrogen) atoms. The van der Waals surface area contributed by atoms with Crippen LogP contribution < -0.4 is 0 Å². The minimum Gasteiger partial charge on any atom is -0.441 e. The van der Waals surface area contributed by atoms with Crippen LogP contribution in [0, 0.1) is 0 Å². The molecule has 0 radical (unpaired) electrons. The highest BCUT2D eigenvalue weighted by Crippen LogP contribution is 2.33. The van der Waals surface area contributed by atoms with Crippen molar-refractivity contribution in [1.82, 2.24) is 30.0 Å². The minimum absolute atomic E-state index is 0.0108. The number of likely N-dealkylation sites (N-methyl/N-ethyl adjacent to an activating group) is 1. The summed E-state index contributed by atoms with van der Waals surface area (Å²) in [6.07, 6.45) is 1.98. The maximum absolute atomic E-state index is 12.9. The SMILES string of the molecule is CN1C[C@]2(CCCN(C(=O)c3ccc(-c4nnn(C)n4)cc3)CC2)OC1=O. The molecule has 1 atom stereocenters. The average molecular weight is 370 g/mol. The van der Waals surface area contributed by atoms with E-state index in [1.54, 1.807) is 31.1 Å². The Morgan fingerprint density at radius 1 is 1.15 bits per heavy atom. The number of carbonyl (C=O) groups is 2. The van der Waals surface area contributed by atoms with E-state index in [-0.39, 0.29) is 12.0 Å². The predicted molar refractivity (Wildman–Crippen MR) is 95.8 cm³/mol. The highest BCUT2D eigenvalue weighted by molar-refractivity contribution is 5.94. The lowest BCUT2D eigenvalue weighted by Crippen LogP contribution is -2.36. The second kappa shape index (κ2) is 6.64. The first-order chi connectivity index (χ1) is 13.0. The summed E-state index contributed by atoms with van der Waals surface area (Å²) in [6.45, 7) is 1.83. The van der Waals surface area contributed by atoms with Crippen LogP contribution in [0.3, 0.4) is 0 Å². The molecular weight excluding hydrogens is 348 g/mol. The van der Waals surface area contributed by atoms with Crippen molar-refractivity contribution < 1.29 is 14.3 Å². The van der Waals surface area contributed by atoms with Gasteiger partial charge in [0, 0.05) is 37.7 Å². The summed E-state index contributed by atoms with van der Waals surface area (Å²) < 4.78 is 5.61. The second-order valence-electron chi connectivity index (χ2n) is 7.23. The lowest BCUT2D eigenvalue weighted by atomic mass is 9.95. The smallest absolute Gasteiger partial charge is 0.410 e. The molecule has 0 saturated carbocycles. The van der Waals surface area contributed by atoms with Crippen molar-refractivity contribution in [1.29, 1.82) is 0 Å². The number of carbonyl (C=O) groups excluding carboxylic acids is 2. The van der Waals surface area contributed by atoms with Crippen LogP contribution in [0.2, 0.25) is 0 Å². The van der Waals surface area contributed by atoms with Crippen molar-refractivity contribution in [3.8, 4) is 11.4 Å². The Morgan fingerprint density at radius 2 is 1.93 bits per heavy atom. The molecule has 0 N–H and O–H groups in total. The van der Waals surface area contributed by atoms with E-state index in [2.05, 4.69) is 15.4 Å². The molecule has 2 aliphatic heterocycles. The summed E-state index contributed by atoms with van der Waals surface area (Å²) in [7, 11) is 3.46. The van der Waals surface area contributed by atoms with Crippen LogP contribution in [0.1, 0.15) is 29.6 Å². The van der Waals surface area contributed by atoms with Gasteiger partial charge in [0.1, 0.15) is 5.60 Å². The van der Waals surface area contributed by atoms with Gasteiger partial charge < -0.3 is 14.5 Å². The summed E-state index contributed by atoms with van der Waals surface area (Å²) in [5, 5.41) is 12.0. The largest absolute Gasteiger partial charge is 0.441 e. The minimum atomic E-state index is -0.456. The van der Waals surface area contributed by atoms with E-state index in [1.165, 1.54) is 4.80 Å². The first kappa shape index (κ1) is 17.4. The molecule has 142 valence electrons. The zero-order chi connectivity index (χ0) is 19.0. The van der Waals surface area contributed by atoms with Crippen LogP contribution in [0.5, 0.6) is 0 Å². The highest BCUT2D eigenvalue weighted by atomic mass is 16.6. The molecule has 2 aromatic rings. The normalized spacial score (nSPS) is 22.8. The lowest BCUT2D eigenvalue weighted by molar-refractivity contribution is 0.0438. The van der Waals surface area contributed by atoms with Gasteiger partial charge in [0.2, 0.25) is 5.82 Å². The zero-order valence-corrected chi connectivity index (χ0v) is 15.5. The number of amides is 2. The monoisotopic (exact) mass is 370 g/mol. The van der Waals surface area contributed by atoms with Gasteiger partial charge in [-0.05, 0) is 30.2 Å². The third-order valence-corrected chi connectivity index (χ3v) is 5.22. The van der Waals surface area contributed by atoms with Gasteiger partial charge >= 0.3 is 6.09 Å². The van der Waals surface area contributed by atoms with Gasteiger partial charge in [-0.25, -0.2) is 4.79 Å². The van der Waals surface area contributed by atoms with Gasteiger partial charge in [-0.1, -0.05) is 12.1 Å². The summed E-state index contributed by atoms with van der Waals surface area (Å²) in [5.41, 5.74) is 0.983. The van der Waals surface area contributed by atoms with Gasteiger partial charge in [0.25, 0.3) is 5.91 Å². The number of aromatic nitrogens is 4. The summed E-state index contributed by atoms with van der Waals surface area (Å²) in [6, 6.07) is 7.24. The molecule has 2 amide bonds. The molecule has 2 saturated heterocycles. The molecule has 0 unspecified atom stereocenters. The highest BCUT2D eigenvalue weighted by Gasteiger charge is 2.44. The number of rotatable bonds is 2. The fourth-order valence-electron chi connectivity index (χ4n) is 3.77. The fraction of sp³-hybridized carbons (Fsp3) is 0.500. The number of hydrogen-bond donors (Lipinski definition) is 0. The third kappa shape index (κ3) is 3.36.